The van der Waals surface area contributed by atoms with Gasteiger partial charge in [0.15, 0.2) is 0 Å². The molecule has 2 rings (SSSR count). The summed E-state index contributed by atoms with van der Waals surface area (Å²) in [5, 5.41) is 10.2. The van der Waals surface area contributed by atoms with Crippen molar-refractivity contribution >= 4 is 15.9 Å². The van der Waals surface area contributed by atoms with Gasteiger partial charge in [-0.3, -0.25) is 0 Å². The highest BCUT2D eigenvalue weighted by Crippen LogP contribution is 2.38. The predicted octanol–water partition coefficient (Wildman–Crippen LogP) is 3.10. The average Bonchev–Trinajstić information content (AvgIpc) is 2.43. The Morgan fingerprint density at radius 1 is 1.32 bits per heavy atom. The van der Waals surface area contributed by atoms with E-state index in [9.17, 15) is 5.11 Å². The number of hydrogen-bond donors (Lipinski definition) is 2. The number of benzene rings is 1. The molecule has 1 fully saturated rings. The molecule has 0 heterocycles. The van der Waals surface area contributed by atoms with E-state index in [2.05, 4.69) is 15.9 Å². The molecule has 2 unspecified atom stereocenters. The Morgan fingerprint density at radius 3 is 2.68 bits per heavy atom. The van der Waals surface area contributed by atoms with Crippen molar-refractivity contribution in [2.24, 2.45) is 11.1 Å². The van der Waals surface area contributed by atoms with Gasteiger partial charge in [-0.2, -0.15) is 0 Å². The van der Waals surface area contributed by atoms with Gasteiger partial charge in [0.05, 0.1) is 12.7 Å². The molecule has 1 aromatic rings. The van der Waals surface area contributed by atoms with Gasteiger partial charge in [-0.25, -0.2) is 0 Å². The fourth-order valence-corrected chi connectivity index (χ4v) is 3.09. The van der Waals surface area contributed by atoms with Crippen molar-refractivity contribution in [2.75, 3.05) is 13.2 Å². The molecule has 1 aliphatic rings. The van der Waals surface area contributed by atoms with Crippen molar-refractivity contribution in [2.45, 2.75) is 38.2 Å². The molecule has 2 atom stereocenters. The van der Waals surface area contributed by atoms with Crippen LogP contribution in [-0.2, 0) is 0 Å². The van der Waals surface area contributed by atoms with Crippen LogP contribution in [0.15, 0.2) is 28.7 Å². The predicted molar refractivity (Wildman–Crippen MR) is 80.2 cm³/mol. The molecule has 19 heavy (non-hydrogen) atoms. The zero-order valence-corrected chi connectivity index (χ0v) is 12.7. The van der Waals surface area contributed by atoms with Gasteiger partial charge in [-0.05, 0) is 43.5 Å². The maximum absolute atomic E-state index is 10.2. The van der Waals surface area contributed by atoms with Crippen LogP contribution in [-0.4, -0.2) is 24.4 Å². The summed E-state index contributed by atoms with van der Waals surface area (Å²) in [5.41, 5.74) is 5.76. The summed E-state index contributed by atoms with van der Waals surface area (Å²) in [6.45, 7) is 1.15. The van der Waals surface area contributed by atoms with Gasteiger partial charge >= 0.3 is 0 Å². The van der Waals surface area contributed by atoms with Crippen LogP contribution in [0.3, 0.4) is 0 Å². The van der Waals surface area contributed by atoms with Crippen LogP contribution in [0.1, 0.15) is 32.1 Å². The molecule has 0 aliphatic heterocycles. The zero-order valence-electron chi connectivity index (χ0n) is 11.1. The van der Waals surface area contributed by atoms with Crippen molar-refractivity contribution in [3.8, 4) is 5.75 Å². The summed E-state index contributed by atoms with van der Waals surface area (Å²) in [6, 6.07) is 7.81. The molecule has 1 aliphatic carbocycles. The Hall–Kier alpha value is -0.580. The highest BCUT2D eigenvalue weighted by molar-refractivity contribution is 9.10. The number of aliphatic hydroxyl groups excluding tert-OH is 1. The summed E-state index contributed by atoms with van der Waals surface area (Å²) in [5.74, 6) is 0.862. The lowest BCUT2D eigenvalue weighted by Crippen LogP contribution is -2.45. The fraction of sp³-hybridized carbons (Fsp3) is 0.600. The van der Waals surface area contributed by atoms with E-state index in [0.717, 1.165) is 42.3 Å². The van der Waals surface area contributed by atoms with E-state index in [1.165, 1.54) is 0 Å². The van der Waals surface area contributed by atoms with Gasteiger partial charge in [0.25, 0.3) is 0 Å². The van der Waals surface area contributed by atoms with Gasteiger partial charge in [0, 0.05) is 16.4 Å². The molecule has 3 nitrogen and oxygen atoms in total. The molecule has 106 valence electrons. The minimum atomic E-state index is -0.278. The van der Waals surface area contributed by atoms with Crippen molar-refractivity contribution in [1.29, 1.82) is 0 Å². The van der Waals surface area contributed by atoms with E-state index in [-0.39, 0.29) is 11.5 Å². The molecule has 4 heteroatoms. The minimum absolute atomic E-state index is 0.145. The van der Waals surface area contributed by atoms with Gasteiger partial charge in [-0.15, -0.1) is 0 Å². The van der Waals surface area contributed by atoms with Crippen LogP contribution in [0.2, 0.25) is 0 Å². The van der Waals surface area contributed by atoms with Crippen LogP contribution in [0, 0.1) is 5.41 Å². The molecule has 0 spiro atoms. The number of halogens is 1. The summed E-state index contributed by atoms with van der Waals surface area (Å²) in [6.07, 6.45) is 4.69. The maximum atomic E-state index is 10.2. The molecule has 0 radical (unpaired) electrons. The second-order valence-corrected chi connectivity index (χ2v) is 6.30. The smallest absolute Gasteiger partial charge is 0.119 e. The van der Waals surface area contributed by atoms with Crippen LogP contribution in [0.5, 0.6) is 5.75 Å². The number of ether oxygens (including phenoxy) is 1. The Kier molecular flexibility index (Phi) is 5.25. The molecule has 0 saturated heterocycles. The van der Waals surface area contributed by atoms with Crippen molar-refractivity contribution in [3.63, 3.8) is 0 Å². The van der Waals surface area contributed by atoms with Crippen molar-refractivity contribution in [3.05, 3.63) is 28.7 Å². The van der Waals surface area contributed by atoms with E-state index in [4.69, 9.17) is 10.5 Å². The minimum Gasteiger partial charge on any atom is -0.494 e. The lowest BCUT2D eigenvalue weighted by Gasteiger charge is -2.40. The third-order valence-electron chi connectivity index (χ3n) is 4.20. The quantitative estimate of drug-likeness (QED) is 0.873. The van der Waals surface area contributed by atoms with Gasteiger partial charge in [0.1, 0.15) is 5.75 Å². The van der Waals surface area contributed by atoms with Gasteiger partial charge in [0.2, 0.25) is 0 Å². The van der Waals surface area contributed by atoms with Crippen LogP contribution in [0.4, 0.5) is 0 Å². The number of rotatable bonds is 5. The summed E-state index contributed by atoms with van der Waals surface area (Å²) in [7, 11) is 0. The Labute approximate surface area is 123 Å². The summed E-state index contributed by atoms with van der Waals surface area (Å²) in [4.78, 5) is 0. The Morgan fingerprint density at radius 2 is 2.05 bits per heavy atom. The van der Waals surface area contributed by atoms with E-state index in [1.54, 1.807) is 0 Å². The lowest BCUT2D eigenvalue weighted by molar-refractivity contribution is -0.0191. The number of aliphatic hydroxyl groups is 1. The van der Waals surface area contributed by atoms with E-state index >= 15 is 0 Å². The highest BCUT2D eigenvalue weighted by atomic mass is 79.9. The number of hydrogen-bond acceptors (Lipinski definition) is 3. The second-order valence-electron chi connectivity index (χ2n) is 5.38. The Balaban J connectivity index is 1.87. The lowest BCUT2D eigenvalue weighted by atomic mass is 9.70. The van der Waals surface area contributed by atoms with Crippen LogP contribution in [0.25, 0.3) is 0 Å². The average molecular weight is 328 g/mol. The molecule has 0 aromatic heterocycles. The van der Waals surface area contributed by atoms with Gasteiger partial charge < -0.3 is 15.6 Å². The first-order valence-electron chi connectivity index (χ1n) is 6.93. The van der Waals surface area contributed by atoms with E-state index in [1.807, 2.05) is 24.3 Å². The Bertz CT molecular complexity index is 396. The van der Waals surface area contributed by atoms with Crippen molar-refractivity contribution in [1.82, 2.24) is 0 Å². The normalized spacial score (nSPS) is 27.2. The SMILES string of the molecule is NCC1(CCOc2ccc(Br)cc2)CCCCC1O. The maximum Gasteiger partial charge on any atom is 0.119 e. The summed E-state index contributed by atoms with van der Waals surface area (Å²) < 4.78 is 6.79. The summed E-state index contributed by atoms with van der Waals surface area (Å²) >= 11 is 3.40. The van der Waals surface area contributed by atoms with E-state index < -0.39 is 0 Å². The van der Waals surface area contributed by atoms with Crippen LogP contribution >= 0.6 is 15.9 Å². The highest BCUT2D eigenvalue weighted by Gasteiger charge is 2.38. The third-order valence-corrected chi connectivity index (χ3v) is 4.73. The van der Waals surface area contributed by atoms with Crippen LogP contribution < -0.4 is 10.5 Å². The van der Waals surface area contributed by atoms with Crippen molar-refractivity contribution < 1.29 is 9.84 Å². The molecule has 1 aromatic carbocycles. The monoisotopic (exact) mass is 327 g/mol. The molecule has 0 amide bonds. The standard InChI is InChI=1S/C15H22BrNO2/c16-12-4-6-13(7-5-12)19-10-9-15(11-17)8-2-1-3-14(15)18/h4-7,14,18H,1-3,8-11,17H2. The largest absolute Gasteiger partial charge is 0.494 e. The number of nitrogens with two attached hydrogens (primary N) is 1. The molecular formula is C15H22BrNO2. The topological polar surface area (TPSA) is 55.5 Å². The molecule has 1 saturated carbocycles. The first-order chi connectivity index (χ1) is 9.16. The zero-order chi connectivity index (χ0) is 13.7. The molecular weight excluding hydrogens is 306 g/mol. The third kappa shape index (κ3) is 3.71. The second kappa shape index (κ2) is 6.73. The fourth-order valence-electron chi connectivity index (χ4n) is 2.82. The molecule has 3 N–H and O–H groups in total. The first kappa shape index (κ1) is 14.8. The molecule has 0 bridgehead atoms. The first-order valence-corrected chi connectivity index (χ1v) is 7.72. The van der Waals surface area contributed by atoms with E-state index in [0.29, 0.717) is 13.2 Å². The van der Waals surface area contributed by atoms with Gasteiger partial charge in [-0.1, -0.05) is 28.8 Å².